The van der Waals surface area contributed by atoms with Gasteiger partial charge in [0.2, 0.25) is 0 Å². The second-order valence-electron chi connectivity index (χ2n) is 5.08. The Balaban J connectivity index is 1.51. The fraction of sp³-hybridized carbons (Fsp3) is 0.533. The van der Waals surface area contributed by atoms with Crippen molar-refractivity contribution in [1.29, 1.82) is 0 Å². The predicted molar refractivity (Wildman–Crippen MR) is 73.6 cm³/mol. The van der Waals surface area contributed by atoms with E-state index in [1.807, 2.05) is 30.3 Å². The highest BCUT2D eigenvalue weighted by atomic mass is 16.7. The minimum absolute atomic E-state index is 0.145. The minimum Gasteiger partial charge on any atom is -0.441 e. The number of hydrogen-bond acceptors (Lipinski definition) is 4. The Morgan fingerprint density at radius 1 is 1.25 bits per heavy atom. The van der Waals surface area contributed by atoms with Crippen LogP contribution in [0.1, 0.15) is 19.3 Å². The summed E-state index contributed by atoms with van der Waals surface area (Å²) in [5.74, 6) is 0. The first kappa shape index (κ1) is 13.4. The van der Waals surface area contributed by atoms with Crippen LogP contribution in [0.3, 0.4) is 0 Å². The van der Waals surface area contributed by atoms with Crippen molar-refractivity contribution in [3.63, 3.8) is 0 Å². The van der Waals surface area contributed by atoms with Gasteiger partial charge in [-0.3, -0.25) is 4.90 Å². The topological polar surface area (TPSA) is 48.0 Å². The summed E-state index contributed by atoms with van der Waals surface area (Å²) in [7, 11) is 0. The Morgan fingerprint density at radius 3 is 2.85 bits per heavy atom. The minimum atomic E-state index is -0.311. The van der Waals surface area contributed by atoms with Gasteiger partial charge in [0.25, 0.3) is 0 Å². The molecule has 2 unspecified atom stereocenters. The van der Waals surface area contributed by atoms with Gasteiger partial charge < -0.3 is 14.2 Å². The fourth-order valence-corrected chi connectivity index (χ4v) is 2.48. The molecule has 2 aliphatic rings. The van der Waals surface area contributed by atoms with E-state index in [2.05, 4.69) is 0 Å². The number of hydrogen-bond donors (Lipinski definition) is 0. The van der Waals surface area contributed by atoms with Gasteiger partial charge in [-0.25, -0.2) is 4.79 Å². The van der Waals surface area contributed by atoms with Gasteiger partial charge in [0.15, 0.2) is 6.29 Å². The number of cyclic esters (lactones) is 1. The molecular weight excluding hydrogens is 258 g/mol. The second-order valence-corrected chi connectivity index (χ2v) is 5.08. The molecule has 1 aromatic rings. The molecule has 108 valence electrons. The SMILES string of the molecule is O=C1OC(COC2CCCCO2)CN1c1ccccc1. The highest BCUT2D eigenvalue weighted by Gasteiger charge is 2.33. The summed E-state index contributed by atoms with van der Waals surface area (Å²) in [4.78, 5) is 13.5. The van der Waals surface area contributed by atoms with Crippen LogP contribution in [-0.2, 0) is 14.2 Å². The van der Waals surface area contributed by atoms with Gasteiger partial charge in [-0.2, -0.15) is 0 Å². The molecule has 5 heteroatoms. The number of carbonyl (C=O) groups excluding carboxylic acids is 1. The summed E-state index contributed by atoms with van der Waals surface area (Å²) in [6.07, 6.45) is 2.46. The predicted octanol–water partition coefficient (Wildman–Crippen LogP) is 2.56. The van der Waals surface area contributed by atoms with E-state index in [0.717, 1.165) is 31.6 Å². The molecule has 1 amide bonds. The zero-order valence-corrected chi connectivity index (χ0v) is 11.4. The van der Waals surface area contributed by atoms with Crippen LogP contribution >= 0.6 is 0 Å². The molecule has 1 aromatic carbocycles. The zero-order valence-electron chi connectivity index (χ0n) is 11.4. The first-order chi connectivity index (χ1) is 9.83. The van der Waals surface area contributed by atoms with E-state index in [-0.39, 0.29) is 18.5 Å². The van der Waals surface area contributed by atoms with Crippen LogP contribution in [0.15, 0.2) is 30.3 Å². The first-order valence-corrected chi connectivity index (χ1v) is 7.09. The number of para-hydroxylation sites is 1. The molecule has 2 atom stereocenters. The number of ether oxygens (including phenoxy) is 3. The van der Waals surface area contributed by atoms with Crippen LogP contribution in [0.4, 0.5) is 10.5 Å². The molecule has 0 spiro atoms. The quantitative estimate of drug-likeness (QED) is 0.848. The number of anilines is 1. The molecular formula is C15H19NO4. The Labute approximate surface area is 118 Å². The van der Waals surface area contributed by atoms with Crippen LogP contribution in [-0.4, -0.2) is 38.2 Å². The fourth-order valence-electron chi connectivity index (χ4n) is 2.48. The van der Waals surface area contributed by atoms with Gasteiger partial charge >= 0.3 is 6.09 Å². The monoisotopic (exact) mass is 277 g/mol. The smallest absolute Gasteiger partial charge is 0.414 e. The standard InChI is InChI=1S/C15H19NO4/c17-15-16(12-6-2-1-3-7-12)10-13(20-15)11-19-14-8-4-5-9-18-14/h1-3,6-7,13-14H,4-5,8-11H2. The van der Waals surface area contributed by atoms with Gasteiger partial charge in [-0.15, -0.1) is 0 Å². The van der Waals surface area contributed by atoms with Gasteiger partial charge in [-0.1, -0.05) is 18.2 Å². The molecule has 0 aromatic heterocycles. The summed E-state index contributed by atoms with van der Waals surface area (Å²) in [5, 5.41) is 0. The lowest BCUT2D eigenvalue weighted by atomic mass is 10.2. The summed E-state index contributed by atoms with van der Waals surface area (Å²) >= 11 is 0. The van der Waals surface area contributed by atoms with E-state index in [9.17, 15) is 4.79 Å². The number of rotatable bonds is 4. The van der Waals surface area contributed by atoms with Gasteiger partial charge in [-0.05, 0) is 31.4 Å². The number of benzene rings is 1. The molecule has 2 saturated heterocycles. The Morgan fingerprint density at radius 2 is 2.10 bits per heavy atom. The Kier molecular flexibility index (Phi) is 4.18. The van der Waals surface area contributed by atoms with Crippen LogP contribution in [0, 0.1) is 0 Å². The maximum atomic E-state index is 11.9. The van der Waals surface area contributed by atoms with E-state index < -0.39 is 0 Å². The molecule has 0 N–H and O–H groups in total. The van der Waals surface area contributed by atoms with Crippen LogP contribution < -0.4 is 4.90 Å². The molecule has 2 fully saturated rings. The maximum absolute atomic E-state index is 11.9. The van der Waals surface area contributed by atoms with E-state index in [0.29, 0.717) is 13.2 Å². The lowest BCUT2D eigenvalue weighted by molar-refractivity contribution is -0.172. The number of amides is 1. The van der Waals surface area contributed by atoms with Crippen molar-refractivity contribution in [1.82, 2.24) is 0 Å². The lowest BCUT2D eigenvalue weighted by Crippen LogP contribution is -2.29. The van der Waals surface area contributed by atoms with Gasteiger partial charge in [0, 0.05) is 12.3 Å². The molecule has 0 aliphatic carbocycles. The third kappa shape index (κ3) is 3.11. The van der Waals surface area contributed by atoms with E-state index in [1.54, 1.807) is 4.90 Å². The van der Waals surface area contributed by atoms with Crippen molar-refractivity contribution in [3.8, 4) is 0 Å². The maximum Gasteiger partial charge on any atom is 0.414 e. The van der Waals surface area contributed by atoms with E-state index in [4.69, 9.17) is 14.2 Å². The molecule has 20 heavy (non-hydrogen) atoms. The molecule has 0 radical (unpaired) electrons. The van der Waals surface area contributed by atoms with Crippen molar-refractivity contribution in [2.75, 3.05) is 24.7 Å². The molecule has 0 saturated carbocycles. The summed E-state index contributed by atoms with van der Waals surface area (Å²) in [6.45, 7) is 1.67. The first-order valence-electron chi connectivity index (χ1n) is 7.09. The third-order valence-electron chi connectivity index (χ3n) is 3.55. The van der Waals surface area contributed by atoms with Gasteiger partial charge in [0.1, 0.15) is 6.10 Å². The molecule has 2 aliphatic heterocycles. The number of carbonyl (C=O) groups is 1. The van der Waals surface area contributed by atoms with Crippen LogP contribution in [0.5, 0.6) is 0 Å². The van der Waals surface area contributed by atoms with Crippen LogP contribution in [0.2, 0.25) is 0 Å². The molecule has 2 heterocycles. The average Bonchev–Trinajstić information content (AvgIpc) is 2.88. The lowest BCUT2D eigenvalue weighted by Gasteiger charge is -2.23. The van der Waals surface area contributed by atoms with Crippen molar-refractivity contribution in [2.45, 2.75) is 31.7 Å². The molecule has 5 nitrogen and oxygen atoms in total. The van der Waals surface area contributed by atoms with E-state index in [1.165, 1.54) is 0 Å². The third-order valence-corrected chi connectivity index (χ3v) is 3.55. The normalized spacial score (nSPS) is 26.6. The van der Waals surface area contributed by atoms with E-state index >= 15 is 0 Å². The highest BCUT2D eigenvalue weighted by molar-refractivity contribution is 5.89. The molecule has 3 rings (SSSR count). The van der Waals surface area contributed by atoms with Crippen LogP contribution in [0.25, 0.3) is 0 Å². The molecule has 0 bridgehead atoms. The second kappa shape index (κ2) is 6.24. The average molecular weight is 277 g/mol. The van der Waals surface area contributed by atoms with Gasteiger partial charge in [0.05, 0.1) is 13.2 Å². The largest absolute Gasteiger partial charge is 0.441 e. The van der Waals surface area contributed by atoms with Crippen molar-refractivity contribution in [3.05, 3.63) is 30.3 Å². The van der Waals surface area contributed by atoms with Crippen molar-refractivity contribution >= 4 is 11.8 Å². The zero-order chi connectivity index (χ0) is 13.8. The van der Waals surface area contributed by atoms with Crippen molar-refractivity contribution < 1.29 is 19.0 Å². The number of nitrogens with zero attached hydrogens (tertiary/aromatic N) is 1. The summed E-state index contributed by atoms with van der Waals surface area (Å²) in [6, 6.07) is 9.53. The summed E-state index contributed by atoms with van der Waals surface area (Å²) in [5.41, 5.74) is 0.855. The summed E-state index contributed by atoms with van der Waals surface area (Å²) < 4.78 is 16.5. The Bertz CT molecular complexity index is 444. The van der Waals surface area contributed by atoms with Crippen molar-refractivity contribution in [2.24, 2.45) is 0 Å². The highest BCUT2D eigenvalue weighted by Crippen LogP contribution is 2.22. The Hall–Kier alpha value is -1.59.